The number of ether oxygens (including phenoxy) is 1. The first-order valence-electron chi connectivity index (χ1n) is 10.8. The molecule has 0 saturated carbocycles. The molecule has 6 heteroatoms. The zero-order valence-electron chi connectivity index (χ0n) is 17.7. The van der Waals surface area contributed by atoms with Crippen molar-refractivity contribution in [2.45, 2.75) is 19.3 Å². The number of piperidine rings is 1. The van der Waals surface area contributed by atoms with E-state index in [1.165, 1.54) is 6.42 Å². The van der Waals surface area contributed by atoms with Gasteiger partial charge in [-0.2, -0.15) is 0 Å². The van der Waals surface area contributed by atoms with Crippen molar-refractivity contribution in [1.29, 1.82) is 0 Å². The second-order valence-corrected chi connectivity index (χ2v) is 8.63. The molecule has 4 rings (SSSR count). The maximum absolute atomic E-state index is 12.6. The van der Waals surface area contributed by atoms with E-state index in [0.717, 1.165) is 41.5 Å². The molecular formula is C26H25BrN2O3. The molecular weight excluding hydrogens is 468 g/mol. The molecule has 164 valence electrons. The average Bonchev–Trinajstić information content (AvgIpc) is 2.84. The molecule has 1 aliphatic rings. The number of rotatable bonds is 6. The van der Waals surface area contributed by atoms with Crippen molar-refractivity contribution in [3.63, 3.8) is 0 Å². The highest BCUT2D eigenvalue weighted by Gasteiger charge is 2.18. The number of hydrogen-bond acceptors (Lipinski definition) is 3. The van der Waals surface area contributed by atoms with Gasteiger partial charge in [0.15, 0.2) is 6.61 Å². The van der Waals surface area contributed by atoms with Crippen LogP contribution < -0.4 is 10.1 Å². The van der Waals surface area contributed by atoms with Crippen LogP contribution in [0.15, 0.2) is 77.3 Å². The lowest BCUT2D eigenvalue weighted by atomic mass is 10.1. The summed E-state index contributed by atoms with van der Waals surface area (Å²) in [6.45, 7) is 1.52. The summed E-state index contributed by atoms with van der Waals surface area (Å²) in [5.74, 6) is 0.385. The van der Waals surface area contributed by atoms with Crippen LogP contribution in [0.4, 0.5) is 5.69 Å². The summed E-state index contributed by atoms with van der Waals surface area (Å²) < 4.78 is 6.47. The Morgan fingerprint density at radius 3 is 2.28 bits per heavy atom. The average molecular weight is 493 g/mol. The number of carbonyl (C=O) groups is 2. The van der Waals surface area contributed by atoms with E-state index in [9.17, 15) is 9.59 Å². The van der Waals surface area contributed by atoms with Gasteiger partial charge in [-0.3, -0.25) is 9.59 Å². The van der Waals surface area contributed by atoms with Gasteiger partial charge in [-0.05, 0) is 82.7 Å². The van der Waals surface area contributed by atoms with Crippen LogP contribution in [0.3, 0.4) is 0 Å². The van der Waals surface area contributed by atoms with Gasteiger partial charge in [0, 0.05) is 24.3 Å². The van der Waals surface area contributed by atoms with E-state index in [1.807, 2.05) is 53.4 Å². The molecule has 1 saturated heterocycles. The monoisotopic (exact) mass is 492 g/mol. The summed E-state index contributed by atoms with van der Waals surface area (Å²) in [6, 6.07) is 22.9. The van der Waals surface area contributed by atoms with Gasteiger partial charge in [0.2, 0.25) is 0 Å². The van der Waals surface area contributed by atoms with Gasteiger partial charge in [0.05, 0.1) is 4.47 Å². The van der Waals surface area contributed by atoms with Gasteiger partial charge in [0.1, 0.15) is 5.75 Å². The minimum absolute atomic E-state index is 0.0507. The molecule has 0 bridgehead atoms. The maximum atomic E-state index is 12.6. The van der Waals surface area contributed by atoms with E-state index in [1.54, 1.807) is 24.3 Å². The van der Waals surface area contributed by atoms with Crippen LogP contribution in [0, 0.1) is 0 Å². The fraction of sp³-hybridized carbons (Fsp3) is 0.231. The first kappa shape index (κ1) is 22.1. The number of amides is 2. The third-order valence-corrected chi connectivity index (χ3v) is 6.08. The summed E-state index contributed by atoms with van der Waals surface area (Å²) in [5.41, 5.74) is 3.45. The first-order valence-corrected chi connectivity index (χ1v) is 11.6. The van der Waals surface area contributed by atoms with Gasteiger partial charge in [0.25, 0.3) is 11.8 Å². The Morgan fingerprint density at radius 2 is 1.59 bits per heavy atom. The largest absolute Gasteiger partial charge is 0.483 e. The number of likely N-dealkylation sites (tertiary alicyclic amines) is 1. The smallest absolute Gasteiger partial charge is 0.262 e. The summed E-state index contributed by atoms with van der Waals surface area (Å²) >= 11 is 3.52. The molecule has 1 N–H and O–H groups in total. The van der Waals surface area contributed by atoms with Crippen molar-refractivity contribution < 1.29 is 14.3 Å². The molecule has 0 atom stereocenters. The highest BCUT2D eigenvalue weighted by molar-refractivity contribution is 9.10. The zero-order chi connectivity index (χ0) is 22.3. The third kappa shape index (κ3) is 5.56. The summed E-state index contributed by atoms with van der Waals surface area (Å²) in [4.78, 5) is 26.8. The topological polar surface area (TPSA) is 58.6 Å². The summed E-state index contributed by atoms with van der Waals surface area (Å²) in [6.07, 6.45) is 3.31. The van der Waals surface area contributed by atoms with Gasteiger partial charge < -0.3 is 15.0 Å². The van der Waals surface area contributed by atoms with Gasteiger partial charge >= 0.3 is 0 Å². The van der Waals surface area contributed by atoms with Crippen LogP contribution >= 0.6 is 15.9 Å². The predicted molar refractivity (Wildman–Crippen MR) is 130 cm³/mol. The van der Waals surface area contributed by atoms with Gasteiger partial charge in [-0.1, -0.05) is 36.4 Å². The molecule has 0 spiro atoms. The second kappa shape index (κ2) is 10.5. The number of benzene rings is 3. The van der Waals surface area contributed by atoms with E-state index in [-0.39, 0.29) is 18.4 Å². The van der Waals surface area contributed by atoms with Gasteiger partial charge in [-0.15, -0.1) is 0 Å². The molecule has 0 aliphatic carbocycles. The molecule has 5 nitrogen and oxygen atoms in total. The Labute approximate surface area is 196 Å². The number of halogens is 1. The minimum Gasteiger partial charge on any atom is -0.483 e. The SMILES string of the molecule is O=C(COc1ccc(-c2ccccc2)cc1Br)Nc1ccc(C(=O)N2CCCCC2)cc1. The lowest BCUT2D eigenvalue weighted by molar-refractivity contribution is -0.118. The second-order valence-electron chi connectivity index (χ2n) is 7.78. The van der Waals surface area contributed by atoms with Crippen LogP contribution in [0.25, 0.3) is 11.1 Å². The van der Waals surface area contributed by atoms with Gasteiger partial charge in [-0.25, -0.2) is 0 Å². The standard InChI is InChI=1S/C26H25BrN2O3/c27-23-17-21(19-7-3-1-4-8-19)11-14-24(23)32-18-25(30)28-22-12-9-20(10-13-22)26(31)29-15-5-2-6-16-29/h1,3-4,7-14,17H,2,5-6,15-16,18H2,(H,28,30). The Hall–Kier alpha value is -3.12. The lowest BCUT2D eigenvalue weighted by Crippen LogP contribution is -2.35. The van der Waals surface area contributed by atoms with Crippen molar-refractivity contribution in [1.82, 2.24) is 4.90 Å². The Morgan fingerprint density at radius 1 is 0.875 bits per heavy atom. The van der Waals surface area contributed by atoms with E-state index < -0.39 is 0 Å². The molecule has 32 heavy (non-hydrogen) atoms. The Kier molecular flexibility index (Phi) is 7.22. The molecule has 3 aromatic rings. The van der Waals surface area contributed by atoms with Crippen LogP contribution in [0.2, 0.25) is 0 Å². The minimum atomic E-state index is -0.265. The van der Waals surface area contributed by atoms with Crippen molar-refractivity contribution in [3.8, 4) is 16.9 Å². The Balaban J connectivity index is 1.30. The van der Waals surface area contributed by atoms with Crippen molar-refractivity contribution in [2.75, 3.05) is 25.0 Å². The van der Waals surface area contributed by atoms with E-state index in [4.69, 9.17) is 4.74 Å². The van der Waals surface area contributed by atoms with E-state index in [0.29, 0.717) is 17.0 Å². The zero-order valence-corrected chi connectivity index (χ0v) is 19.3. The fourth-order valence-electron chi connectivity index (χ4n) is 3.74. The van der Waals surface area contributed by atoms with Crippen molar-refractivity contribution >= 4 is 33.4 Å². The number of anilines is 1. The van der Waals surface area contributed by atoms with E-state index >= 15 is 0 Å². The molecule has 1 aliphatic heterocycles. The number of nitrogens with one attached hydrogen (secondary N) is 1. The fourth-order valence-corrected chi connectivity index (χ4v) is 4.24. The van der Waals surface area contributed by atoms with Crippen LogP contribution in [0.5, 0.6) is 5.75 Å². The molecule has 3 aromatic carbocycles. The highest BCUT2D eigenvalue weighted by Crippen LogP contribution is 2.30. The quantitative estimate of drug-likeness (QED) is 0.475. The van der Waals surface area contributed by atoms with Crippen LogP contribution in [0.1, 0.15) is 29.6 Å². The number of carbonyl (C=O) groups excluding carboxylic acids is 2. The maximum Gasteiger partial charge on any atom is 0.262 e. The predicted octanol–water partition coefficient (Wildman–Crippen LogP) is 5.76. The van der Waals surface area contributed by atoms with E-state index in [2.05, 4.69) is 21.2 Å². The first-order chi connectivity index (χ1) is 15.6. The summed E-state index contributed by atoms with van der Waals surface area (Å²) in [5, 5.41) is 2.81. The van der Waals surface area contributed by atoms with Crippen LogP contribution in [-0.4, -0.2) is 36.4 Å². The molecule has 0 radical (unpaired) electrons. The normalized spacial score (nSPS) is 13.5. The molecule has 0 unspecified atom stereocenters. The lowest BCUT2D eigenvalue weighted by Gasteiger charge is -2.26. The summed E-state index contributed by atoms with van der Waals surface area (Å²) in [7, 11) is 0. The van der Waals surface area contributed by atoms with Crippen molar-refractivity contribution in [3.05, 3.63) is 82.8 Å². The molecule has 0 aromatic heterocycles. The number of nitrogens with zero attached hydrogens (tertiary/aromatic N) is 1. The third-order valence-electron chi connectivity index (χ3n) is 5.46. The molecule has 1 heterocycles. The van der Waals surface area contributed by atoms with Crippen molar-refractivity contribution in [2.24, 2.45) is 0 Å². The van der Waals surface area contributed by atoms with Crippen LogP contribution in [-0.2, 0) is 4.79 Å². The number of hydrogen-bond donors (Lipinski definition) is 1. The highest BCUT2D eigenvalue weighted by atomic mass is 79.9. The Bertz CT molecular complexity index is 1080. The molecule has 1 fully saturated rings. The molecule has 2 amide bonds.